The fourth-order valence-corrected chi connectivity index (χ4v) is 9.27. The number of hydrogen-bond acceptors (Lipinski definition) is 6. The molecule has 6 heteroatoms. The number of allylic oxidation sites excluding steroid dienone is 4. The smallest absolute Gasteiger partial charge is 0.306 e. The van der Waals surface area contributed by atoms with Crippen molar-refractivity contribution in [1.29, 1.82) is 0 Å². The van der Waals surface area contributed by atoms with Gasteiger partial charge in [0.2, 0.25) is 0 Å². The number of esters is 3. The zero-order valence-electron chi connectivity index (χ0n) is 46.6. The fraction of sp³-hybridized carbons (Fsp3) is 0.889. The monoisotopic (exact) mass is 971 g/mol. The van der Waals surface area contributed by atoms with E-state index in [-0.39, 0.29) is 31.1 Å². The van der Waals surface area contributed by atoms with Crippen molar-refractivity contribution in [3.8, 4) is 0 Å². The molecule has 0 heterocycles. The lowest BCUT2D eigenvalue weighted by Crippen LogP contribution is -2.30. The largest absolute Gasteiger partial charge is 0.462 e. The normalized spacial score (nSPS) is 12.1. The third-order valence-electron chi connectivity index (χ3n) is 13.9. The van der Waals surface area contributed by atoms with Crippen LogP contribution in [0, 0.1) is 0 Å². The van der Waals surface area contributed by atoms with E-state index >= 15 is 0 Å². The van der Waals surface area contributed by atoms with Gasteiger partial charge in [0.25, 0.3) is 0 Å². The van der Waals surface area contributed by atoms with Gasteiger partial charge in [-0.15, -0.1) is 0 Å². The SMILES string of the molecule is CCC/C=C\CCCCCCCC(=O)OCC(COC(=O)CCCCCCCCCCCCCCCCC/C=C\CCCCCCCCCC)OC(=O)CCCCCCCCCCCCCCCC. The summed E-state index contributed by atoms with van der Waals surface area (Å²) in [6, 6.07) is 0. The van der Waals surface area contributed by atoms with E-state index in [2.05, 4.69) is 45.1 Å². The Kier molecular flexibility index (Phi) is 56.7. The van der Waals surface area contributed by atoms with Crippen molar-refractivity contribution in [2.45, 2.75) is 348 Å². The third kappa shape index (κ3) is 56.7. The molecule has 0 aromatic carbocycles. The molecule has 0 rings (SSSR count). The van der Waals surface area contributed by atoms with Gasteiger partial charge in [0.1, 0.15) is 13.2 Å². The Balaban J connectivity index is 4.11. The Labute approximate surface area is 430 Å². The summed E-state index contributed by atoms with van der Waals surface area (Å²) in [5, 5.41) is 0. The van der Waals surface area contributed by atoms with Gasteiger partial charge in [-0.05, 0) is 64.2 Å². The average Bonchev–Trinajstić information content (AvgIpc) is 3.35. The average molecular weight is 972 g/mol. The molecule has 0 saturated heterocycles. The minimum absolute atomic E-state index is 0.0688. The highest BCUT2D eigenvalue weighted by molar-refractivity contribution is 5.71. The first kappa shape index (κ1) is 66.9. The van der Waals surface area contributed by atoms with Crippen LogP contribution in [0.15, 0.2) is 24.3 Å². The zero-order valence-corrected chi connectivity index (χ0v) is 46.6. The quantitative estimate of drug-likeness (QED) is 0.0261. The van der Waals surface area contributed by atoms with Crippen LogP contribution < -0.4 is 0 Å². The van der Waals surface area contributed by atoms with E-state index < -0.39 is 6.10 Å². The third-order valence-corrected chi connectivity index (χ3v) is 13.9. The summed E-state index contributed by atoms with van der Waals surface area (Å²) in [6.07, 6.45) is 69.1. The zero-order chi connectivity index (χ0) is 50.0. The van der Waals surface area contributed by atoms with E-state index in [1.54, 1.807) is 0 Å². The van der Waals surface area contributed by atoms with E-state index in [4.69, 9.17) is 14.2 Å². The molecular formula is C63H118O6. The highest BCUT2D eigenvalue weighted by atomic mass is 16.6. The van der Waals surface area contributed by atoms with Gasteiger partial charge in [0, 0.05) is 19.3 Å². The Morgan fingerprint density at radius 3 is 0.783 bits per heavy atom. The highest BCUT2D eigenvalue weighted by Gasteiger charge is 2.19. The van der Waals surface area contributed by atoms with Gasteiger partial charge in [-0.25, -0.2) is 0 Å². The molecule has 0 radical (unpaired) electrons. The van der Waals surface area contributed by atoms with Crippen LogP contribution in [-0.2, 0) is 28.6 Å². The number of unbranched alkanes of at least 4 members (excludes halogenated alkanes) is 42. The molecule has 6 nitrogen and oxygen atoms in total. The molecule has 0 aliphatic heterocycles. The minimum Gasteiger partial charge on any atom is -0.462 e. The first-order chi connectivity index (χ1) is 34.0. The van der Waals surface area contributed by atoms with Crippen molar-refractivity contribution in [3.63, 3.8) is 0 Å². The lowest BCUT2D eigenvalue weighted by molar-refractivity contribution is -0.167. The Bertz CT molecular complexity index is 1110. The van der Waals surface area contributed by atoms with E-state index in [9.17, 15) is 14.4 Å². The van der Waals surface area contributed by atoms with Gasteiger partial charge < -0.3 is 14.2 Å². The second-order valence-electron chi connectivity index (χ2n) is 21.0. The summed E-state index contributed by atoms with van der Waals surface area (Å²) in [5.41, 5.74) is 0. The van der Waals surface area contributed by atoms with Crippen molar-refractivity contribution >= 4 is 17.9 Å². The summed E-state index contributed by atoms with van der Waals surface area (Å²) < 4.78 is 16.9. The van der Waals surface area contributed by atoms with Gasteiger partial charge in [-0.3, -0.25) is 14.4 Å². The fourth-order valence-electron chi connectivity index (χ4n) is 9.27. The summed E-state index contributed by atoms with van der Waals surface area (Å²) in [6.45, 7) is 6.62. The number of carbonyl (C=O) groups is 3. The van der Waals surface area contributed by atoms with Gasteiger partial charge in [-0.1, -0.05) is 283 Å². The molecule has 0 amide bonds. The van der Waals surface area contributed by atoms with E-state index in [1.165, 1.54) is 231 Å². The second-order valence-corrected chi connectivity index (χ2v) is 21.0. The van der Waals surface area contributed by atoms with Crippen LogP contribution in [-0.4, -0.2) is 37.2 Å². The van der Waals surface area contributed by atoms with Gasteiger partial charge in [0.15, 0.2) is 6.10 Å². The summed E-state index contributed by atoms with van der Waals surface area (Å²) in [7, 11) is 0. The van der Waals surface area contributed by atoms with Crippen LogP contribution in [0.2, 0.25) is 0 Å². The van der Waals surface area contributed by atoms with Gasteiger partial charge >= 0.3 is 17.9 Å². The molecule has 0 aliphatic rings. The number of rotatable bonds is 57. The van der Waals surface area contributed by atoms with Crippen molar-refractivity contribution in [2.24, 2.45) is 0 Å². The van der Waals surface area contributed by atoms with Crippen LogP contribution in [0.5, 0.6) is 0 Å². The Morgan fingerprint density at radius 1 is 0.275 bits per heavy atom. The predicted molar refractivity (Wildman–Crippen MR) is 298 cm³/mol. The van der Waals surface area contributed by atoms with Crippen LogP contribution >= 0.6 is 0 Å². The van der Waals surface area contributed by atoms with Crippen LogP contribution in [0.3, 0.4) is 0 Å². The second kappa shape index (κ2) is 58.5. The van der Waals surface area contributed by atoms with Gasteiger partial charge in [-0.2, -0.15) is 0 Å². The molecule has 0 bridgehead atoms. The number of carbonyl (C=O) groups excluding carboxylic acids is 3. The first-order valence-corrected chi connectivity index (χ1v) is 30.8. The standard InChI is InChI=1S/C63H118O6/c1-4-7-10-13-16-19-22-24-26-27-28-29-30-31-32-33-34-35-36-37-38-40-41-44-47-50-53-56-62(65)68-59-60(58-67-61(64)55-52-49-46-43-21-18-15-12-9-6-3)69-63(66)57-54-51-48-45-42-39-25-23-20-17-14-11-8-5-2/h12,15,27-28,60H,4-11,13-14,16-26,29-59H2,1-3H3/b15-12-,28-27-. The number of ether oxygens (including phenoxy) is 3. The first-order valence-electron chi connectivity index (χ1n) is 30.8. The maximum atomic E-state index is 12.8. The topological polar surface area (TPSA) is 78.9 Å². The Morgan fingerprint density at radius 2 is 0.507 bits per heavy atom. The van der Waals surface area contributed by atoms with E-state index in [0.29, 0.717) is 19.3 Å². The summed E-state index contributed by atoms with van der Waals surface area (Å²) in [5.74, 6) is -0.859. The molecule has 0 aliphatic carbocycles. The van der Waals surface area contributed by atoms with E-state index in [0.717, 1.165) is 70.6 Å². The molecule has 0 N–H and O–H groups in total. The summed E-state index contributed by atoms with van der Waals surface area (Å²) >= 11 is 0. The molecule has 0 aromatic heterocycles. The lowest BCUT2D eigenvalue weighted by Gasteiger charge is -2.18. The van der Waals surface area contributed by atoms with Crippen LogP contribution in [0.1, 0.15) is 342 Å². The Hall–Kier alpha value is -2.11. The van der Waals surface area contributed by atoms with Crippen molar-refractivity contribution < 1.29 is 28.6 Å². The predicted octanol–water partition coefficient (Wildman–Crippen LogP) is 20.7. The maximum Gasteiger partial charge on any atom is 0.306 e. The molecule has 406 valence electrons. The molecule has 69 heavy (non-hydrogen) atoms. The van der Waals surface area contributed by atoms with Crippen molar-refractivity contribution in [2.75, 3.05) is 13.2 Å². The van der Waals surface area contributed by atoms with Crippen LogP contribution in [0.25, 0.3) is 0 Å². The molecule has 1 atom stereocenters. The summed E-state index contributed by atoms with van der Waals surface area (Å²) in [4.78, 5) is 38.1. The van der Waals surface area contributed by atoms with Crippen molar-refractivity contribution in [1.82, 2.24) is 0 Å². The molecular weight excluding hydrogens is 853 g/mol. The highest BCUT2D eigenvalue weighted by Crippen LogP contribution is 2.17. The van der Waals surface area contributed by atoms with Crippen LogP contribution in [0.4, 0.5) is 0 Å². The number of hydrogen-bond donors (Lipinski definition) is 0. The molecule has 0 saturated carbocycles. The van der Waals surface area contributed by atoms with E-state index in [1.807, 2.05) is 0 Å². The minimum atomic E-state index is -0.769. The molecule has 0 spiro atoms. The maximum absolute atomic E-state index is 12.8. The van der Waals surface area contributed by atoms with Gasteiger partial charge in [0.05, 0.1) is 0 Å². The van der Waals surface area contributed by atoms with Crippen molar-refractivity contribution in [3.05, 3.63) is 24.3 Å². The molecule has 1 unspecified atom stereocenters. The molecule has 0 aromatic rings. The lowest BCUT2D eigenvalue weighted by atomic mass is 10.0. The molecule has 0 fully saturated rings.